The van der Waals surface area contributed by atoms with E-state index in [1.54, 1.807) is 0 Å². The first-order valence-electron chi connectivity index (χ1n) is 2.87. The standard InChI is InChI=1S/C5H10F2O3/c6-4(7)2-1-3-5(8,9)10/h4,8-10H,1-3H2. The summed E-state index contributed by atoms with van der Waals surface area (Å²) in [4.78, 5) is 0. The number of alkyl halides is 2. The van der Waals surface area contributed by atoms with Gasteiger partial charge in [-0.2, -0.15) is 0 Å². The zero-order valence-corrected chi connectivity index (χ0v) is 5.30. The van der Waals surface area contributed by atoms with Crippen LogP contribution in [0.1, 0.15) is 19.3 Å². The van der Waals surface area contributed by atoms with Crippen molar-refractivity contribution in [3.63, 3.8) is 0 Å². The van der Waals surface area contributed by atoms with Crippen molar-refractivity contribution in [2.45, 2.75) is 31.7 Å². The molecule has 0 fully saturated rings. The van der Waals surface area contributed by atoms with Crippen molar-refractivity contribution in [3.8, 4) is 0 Å². The molecule has 0 aromatic heterocycles. The molecule has 0 aliphatic carbocycles. The van der Waals surface area contributed by atoms with E-state index in [9.17, 15) is 8.78 Å². The molecule has 5 heteroatoms. The Kier molecular flexibility index (Phi) is 3.70. The van der Waals surface area contributed by atoms with Gasteiger partial charge >= 0.3 is 0 Å². The molecule has 3 N–H and O–H groups in total. The van der Waals surface area contributed by atoms with E-state index in [-0.39, 0.29) is 6.42 Å². The minimum Gasteiger partial charge on any atom is -0.344 e. The molecule has 0 atom stereocenters. The molecule has 0 radical (unpaired) electrons. The van der Waals surface area contributed by atoms with Gasteiger partial charge in [-0.3, -0.25) is 0 Å². The van der Waals surface area contributed by atoms with Crippen LogP contribution in [0.25, 0.3) is 0 Å². The zero-order valence-electron chi connectivity index (χ0n) is 5.30. The molecule has 0 aliphatic heterocycles. The van der Waals surface area contributed by atoms with Gasteiger partial charge in [0.25, 0.3) is 5.97 Å². The molecule has 0 rings (SSSR count). The molecule has 3 nitrogen and oxygen atoms in total. The van der Waals surface area contributed by atoms with Crippen molar-refractivity contribution in [3.05, 3.63) is 0 Å². The highest BCUT2D eigenvalue weighted by molar-refractivity contribution is 4.49. The van der Waals surface area contributed by atoms with Crippen molar-refractivity contribution in [2.75, 3.05) is 0 Å². The van der Waals surface area contributed by atoms with E-state index >= 15 is 0 Å². The van der Waals surface area contributed by atoms with Crippen molar-refractivity contribution in [2.24, 2.45) is 0 Å². The Bertz CT molecular complexity index is 89.4. The summed E-state index contributed by atoms with van der Waals surface area (Å²) in [7, 11) is 0. The smallest absolute Gasteiger partial charge is 0.275 e. The fourth-order valence-corrected chi connectivity index (χ4v) is 0.494. The number of rotatable bonds is 4. The minimum atomic E-state index is -2.80. The van der Waals surface area contributed by atoms with E-state index < -0.39 is 25.2 Å². The maximum absolute atomic E-state index is 11.4. The fraction of sp³-hybridized carbons (Fsp3) is 1.00. The maximum atomic E-state index is 11.4. The van der Waals surface area contributed by atoms with Crippen LogP contribution in [0.5, 0.6) is 0 Å². The Morgan fingerprint density at radius 2 is 1.70 bits per heavy atom. The number of hydrogen-bond donors (Lipinski definition) is 3. The quantitative estimate of drug-likeness (QED) is 0.504. The predicted molar refractivity (Wildman–Crippen MR) is 29.2 cm³/mol. The van der Waals surface area contributed by atoms with Gasteiger partial charge in [-0.1, -0.05) is 0 Å². The van der Waals surface area contributed by atoms with Crippen LogP contribution in [0.15, 0.2) is 0 Å². The third-order valence-electron chi connectivity index (χ3n) is 0.935. The first-order valence-corrected chi connectivity index (χ1v) is 2.87. The maximum Gasteiger partial charge on any atom is 0.275 e. The van der Waals surface area contributed by atoms with Crippen molar-refractivity contribution in [1.82, 2.24) is 0 Å². The van der Waals surface area contributed by atoms with Crippen LogP contribution in [-0.4, -0.2) is 27.7 Å². The molecule has 0 saturated carbocycles. The van der Waals surface area contributed by atoms with Crippen molar-refractivity contribution in [1.29, 1.82) is 0 Å². The van der Waals surface area contributed by atoms with Crippen LogP contribution in [0.3, 0.4) is 0 Å². The summed E-state index contributed by atoms with van der Waals surface area (Å²) < 4.78 is 22.7. The first kappa shape index (κ1) is 9.74. The molecule has 0 amide bonds. The van der Waals surface area contributed by atoms with Crippen LogP contribution in [0.4, 0.5) is 8.78 Å². The minimum absolute atomic E-state index is 0.110. The Morgan fingerprint density at radius 1 is 1.20 bits per heavy atom. The van der Waals surface area contributed by atoms with Gasteiger partial charge in [0.05, 0.1) is 0 Å². The fourth-order valence-electron chi connectivity index (χ4n) is 0.494. The summed E-state index contributed by atoms with van der Waals surface area (Å²) in [5.41, 5.74) is 0. The number of halogens is 2. The highest BCUT2D eigenvalue weighted by Crippen LogP contribution is 2.10. The van der Waals surface area contributed by atoms with Crippen LogP contribution < -0.4 is 0 Å². The van der Waals surface area contributed by atoms with E-state index in [1.165, 1.54) is 0 Å². The zero-order chi connectivity index (χ0) is 8.20. The summed E-state index contributed by atoms with van der Waals surface area (Å²) in [5, 5.41) is 24.6. The molecule has 0 aliphatic rings. The Hall–Kier alpha value is -0.260. The van der Waals surface area contributed by atoms with Gasteiger partial charge in [0.1, 0.15) is 0 Å². The SMILES string of the molecule is OC(O)(O)CCCC(F)F. The molecule has 62 valence electrons. The number of aliphatic hydroxyl groups is 3. The lowest BCUT2D eigenvalue weighted by Gasteiger charge is -2.12. The third-order valence-corrected chi connectivity index (χ3v) is 0.935. The summed E-state index contributed by atoms with van der Waals surface area (Å²) in [6, 6.07) is 0. The molecule has 0 heterocycles. The lowest BCUT2D eigenvalue weighted by Crippen LogP contribution is -2.26. The van der Waals surface area contributed by atoms with E-state index in [2.05, 4.69) is 0 Å². The summed E-state index contributed by atoms with van der Waals surface area (Å²) >= 11 is 0. The lowest BCUT2D eigenvalue weighted by molar-refractivity contribution is -0.315. The van der Waals surface area contributed by atoms with Gasteiger partial charge in [-0.25, -0.2) is 8.78 Å². The highest BCUT2D eigenvalue weighted by Gasteiger charge is 2.17. The average molecular weight is 156 g/mol. The van der Waals surface area contributed by atoms with Crippen molar-refractivity contribution >= 4 is 0 Å². The highest BCUT2D eigenvalue weighted by atomic mass is 19.3. The largest absolute Gasteiger partial charge is 0.344 e. The molecule has 0 bridgehead atoms. The lowest BCUT2D eigenvalue weighted by atomic mass is 10.2. The molecule has 0 saturated heterocycles. The van der Waals surface area contributed by atoms with E-state index in [4.69, 9.17) is 15.3 Å². The van der Waals surface area contributed by atoms with Gasteiger partial charge in [0, 0.05) is 12.8 Å². The predicted octanol–water partition coefficient (Wildman–Crippen LogP) is 0.0525. The van der Waals surface area contributed by atoms with E-state index in [1.807, 2.05) is 0 Å². The molecule has 0 aromatic rings. The monoisotopic (exact) mass is 156 g/mol. The van der Waals surface area contributed by atoms with Crippen molar-refractivity contribution < 1.29 is 24.1 Å². The van der Waals surface area contributed by atoms with Gasteiger partial charge in [0.15, 0.2) is 0 Å². The Labute approximate surface area is 56.9 Å². The number of hydrogen-bond acceptors (Lipinski definition) is 3. The molecule has 0 unspecified atom stereocenters. The molecule has 10 heavy (non-hydrogen) atoms. The summed E-state index contributed by atoms with van der Waals surface area (Å²) in [5.74, 6) is -2.80. The normalized spacial score (nSPS) is 12.6. The second-order valence-electron chi connectivity index (χ2n) is 2.06. The van der Waals surface area contributed by atoms with Crippen LogP contribution >= 0.6 is 0 Å². The summed E-state index contributed by atoms with van der Waals surface area (Å²) in [6.45, 7) is 0. The first-order chi connectivity index (χ1) is 4.42. The van der Waals surface area contributed by atoms with E-state index in [0.717, 1.165) is 0 Å². The molecular weight excluding hydrogens is 146 g/mol. The second kappa shape index (κ2) is 3.80. The molecular formula is C5H10F2O3. The van der Waals surface area contributed by atoms with E-state index in [0.29, 0.717) is 0 Å². The van der Waals surface area contributed by atoms with Gasteiger partial charge < -0.3 is 15.3 Å². The van der Waals surface area contributed by atoms with Crippen LogP contribution in [-0.2, 0) is 0 Å². The van der Waals surface area contributed by atoms with Gasteiger partial charge in [-0.15, -0.1) is 0 Å². The molecule has 0 spiro atoms. The molecule has 0 aromatic carbocycles. The van der Waals surface area contributed by atoms with Crippen LogP contribution in [0, 0.1) is 0 Å². The van der Waals surface area contributed by atoms with Gasteiger partial charge in [0.2, 0.25) is 6.43 Å². The summed E-state index contributed by atoms with van der Waals surface area (Å²) in [6.07, 6.45) is -3.44. The Morgan fingerprint density at radius 3 is 2.00 bits per heavy atom. The van der Waals surface area contributed by atoms with Gasteiger partial charge in [-0.05, 0) is 6.42 Å². The second-order valence-corrected chi connectivity index (χ2v) is 2.06. The average Bonchev–Trinajstić information content (AvgIpc) is 1.59. The Balaban J connectivity index is 3.21. The third kappa shape index (κ3) is 7.74. The topological polar surface area (TPSA) is 60.7 Å². The van der Waals surface area contributed by atoms with Crippen LogP contribution in [0.2, 0.25) is 0 Å².